The highest BCUT2D eigenvalue weighted by atomic mass is 32.2. The minimum Gasteiger partial charge on any atom is -0.310 e. The molecule has 0 atom stereocenters. The highest BCUT2D eigenvalue weighted by Crippen LogP contribution is 2.44. The number of rotatable bonds is 6. The maximum Gasteiger partial charge on any atom is 0.458 e. The second-order valence-electron chi connectivity index (χ2n) is 8.58. The molecule has 1 fully saturated rings. The van der Waals surface area contributed by atoms with E-state index in [1.807, 2.05) is 0 Å². The van der Waals surface area contributed by atoms with Crippen molar-refractivity contribution in [1.82, 2.24) is 34.7 Å². The number of hydrogen-bond donors (Lipinski definition) is 0. The van der Waals surface area contributed by atoms with Crippen LogP contribution >= 0.6 is 0 Å². The van der Waals surface area contributed by atoms with Crippen molar-refractivity contribution in [1.29, 1.82) is 0 Å². The van der Waals surface area contributed by atoms with Crippen LogP contribution in [-0.2, 0) is 22.8 Å². The van der Waals surface area contributed by atoms with Crippen LogP contribution in [0, 0.1) is 0 Å². The van der Waals surface area contributed by atoms with Crippen LogP contribution in [0.3, 0.4) is 0 Å². The van der Waals surface area contributed by atoms with Gasteiger partial charge in [-0.1, -0.05) is 6.92 Å². The van der Waals surface area contributed by atoms with Crippen LogP contribution in [0.25, 0.3) is 33.9 Å². The van der Waals surface area contributed by atoms with Gasteiger partial charge in [0.05, 0.1) is 22.4 Å². The standard InChI is InChI=1S/C22H18F5N7O2S/c1-3-37(35,36)16-6-12(15-10-29-18(33-32-15)11-4-5-11)8-28-17(16)20-31-14-7-13(9-30-19(14)34(20)2)21(23,24)22(25,26)27/h6-11H,3-5H2,1-2H3. The van der Waals surface area contributed by atoms with Crippen LogP contribution in [0.5, 0.6) is 0 Å². The van der Waals surface area contributed by atoms with Gasteiger partial charge in [-0.25, -0.2) is 23.4 Å². The highest BCUT2D eigenvalue weighted by molar-refractivity contribution is 7.91. The molecule has 9 nitrogen and oxygen atoms in total. The number of alkyl halides is 5. The maximum absolute atomic E-state index is 13.9. The number of hydrogen-bond acceptors (Lipinski definition) is 8. The van der Waals surface area contributed by atoms with Crippen LogP contribution < -0.4 is 0 Å². The predicted octanol–water partition coefficient (Wildman–Crippen LogP) is 4.21. The third-order valence-electron chi connectivity index (χ3n) is 6.02. The van der Waals surface area contributed by atoms with Crippen LogP contribution in [0.2, 0.25) is 0 Å². The van der Waals surface area contributed by atoms with E-state index >= 15 is 0 Å². The average molecular weight is 539 g/mol. The summed E-state index contributed by atoms with van der Waals surface area (Å²) in [7, 11) is -2.48. The van der Waals surface area contributed by atoms with Gasteiger partial charge in [-0.15, -0.1) is 10.2 Å². The van der Waals surface area contributed by atoms with E-state index < -0.39 is 27.5 Å². The van der Waals surface area contributed by atoms with Gasteiger partial charge in [-0.2, -0.15) is 22.0 Å². The summed E-state index contributed by atoms with van der Waals surface area (Å²) < 4.78 is 93.5. The number of fused-ring (bicyclic) bond motifs is 1. The first-order valence-corrected chi connectivity index (χ1v) is 12.7. The number of sulfone groups is 1. The number of imidazole rings is 1. The fourth-order valence-electron chi connectivity index (χ4n) is 3.71. The van der Waals surface area contributed by atoms with Crippen molar-refractivity contribution in [2.45, 2.75) is 42.7 Å². The van der Waals surface area contributed by atoms with Crippen molar-refractivity contribution in [3.8, 4) is 22.8 Å². The normalized spacial score (nSPS) is 14.9. The van der Waals surface area contributed by atoms with E-state index in [4.69, 9.17) is 0 Å². The molecular formula is C22H18F5N7O2S. The summed E-state index contributed by atoms with van der Waals surface area (Å²) >= 11 is 0. The van der Waals surface area contributed by atoms with Crippen molar-refractivity contribution in [2.24, 2.45) is 7.05 Å². The summed E-state index contributed by atoms with van der Waals surface area (Å²) in [5, 5.41) is 8.22. The molecule has 15 heteroatoms. The Kier molecular flexibility index (Phi) is 5.73. The largest absolute Gasteiger partial charge is 0.458 e. The number of halogens is 5. The summed E-state index contributed by atoms with van der Waals surface area (Å²) in [5.41, 5.74) is -1.21. The van der Waals surface area contributed by atoms with E-state index in [1.165, 1.54) is 37.0 Å². The van der Waals surface area contributed by atoms with Crippen LogP contribution in [0.4, 0.5) is 22.0 Å². The minimum atomic E-state index is -5.83. The molecule has 37 heavy (non-hydrogen) atoms. The molecule has 0 spiro atoms. The van der Waals surface area contributed by atoms with E-state index in [2.05, 4.69) is 30.1 Å². The van der Waals surface area contributed by atoms with E-state index in [9.17, 15) is 30.4 Å². The van der Waals surface area contributed by atoms with Crippen LogP contribution in [-0.4, -0.2) is 55.0 Å². The molecule has 4 heterocycles. The quantitative estimate of drug-likeness (QED) is 0.335. The zero-order chi connectivity index (χ0) is 26.8. The lowest BCUT2D eigenvalue weighted by Crippen LogP contribution is -2.33. The Bertz CT molecular complexity index is 1620. The van der Waals surface area contributed by atoms with Crippen molar-refractivity contribution in [2.75, 3.05) is 5.75 Å². The molecular weight excluding hydrogens is 521 g/mol. The van der Waals surface area contributed by atoms with Gasteiger partial charge in [0.15, 0.2) is 27.1 Å². The molecule has 4 aromatic heterocycles. The van der Waals surface area contributed by atoms with E-state index in [-0.39, 0.29) is 39.2 Å². The molecule has 0 N–H and O–H groups in total. The summed E-state index contributed by atoms with van der Waals surface area (Å²) in [6, 6.07) is 1.91. The maximum atomic E-state index is 13.9. The van der Waals surface area contributed by atoms with Gasteiger partial charge in [0.1, 0.15) is 16.9 Å². The topological polar surface area (TPSA) is 116 Å². The average Bonchev–Trinajstić information content (AvgIpc) is 3.66. The molecule has 5 rings (SSSR count). The fourth-order valence-corrected chi connectivity index (χ4v) is 4.77. The first-order chi connectivity index (χ1) is 17.3. The van der Waals surface area contributed by atoms with Gasteiger partial charge in [-0.3, -0.25) is 4.98 Å². The predicted molar refractivity (Wildman–Crippen MR) is 120 cm³/mol. The molecule has 0 amide bonds. The van der Waals surface area contributed by atoms with Crippen molar-refractivity contribution in [3.63, 3.8) is 0 Å². The summed E-state index contributed by atoms with van der Waals surface area (Å²) in [6.45, 7) is 1.43. The number of aryl methyl sites for hydroxylation is 1. The second kappa shape index (κ2) is 8.46. The molecule has 0 aromatic carbocycles. The van der Waals surface area contributed by atoms with Crippen LogP contribution in [0.15, 0.2) is 35.6 Å². The Balaban J connectivity index is 1.63. The summed E-state index contributed by atoms with van der Waals surface area (Å²) in [5.74, 6) is -4.63. The second-order valence-corrected chi connectivity index (χ2v) is 10.8. The molecule has 0 saturated heterocycles. The number of aromatic nitrogens is 7. The van der Waals surface area contributed by atoms with Gasteiger partial charge in [0, 0.05) is 30.9 Å². The lowest BCUT2D eigenvalue weighted by Gasteiger charge is -2.19. The van der Waals surface area contributed by atoms with Gasteiger partial charge in [0.25, 0.3) is 0 Å². The van der Waals surface area contributed by atoms with Crippen molar-refractivity contribution < 1.29 is 30.4 Å². The van der Waals surface area contributed by atoms with Crippen molar-refractivity contribution >= 4 is 21.0 Å². The lowest BCUT2D eigenvalue weighted by atomic mass is 10.1. The zero-order valence-corrected chi connectivity index (χ0v) is 20.1. The molecule has 4 aromatic rings. The Hall–Kier alpha value is -3.62. The summed E-state index contributed by atoms with van der Waals surface area (Å²) in [4.78, 5) is 16.2. The number of nitrogens with zero attached hydrogens (tertiary/aromatic N) is 7. The van der Waals surface area contributed by atoms with E-state index in [0.717, 1.165) is 12.8 Å². The van der Waals surface area contributed by atoms with E-state index in [0.29, 0.717) is 29.3 Å². The molecule has 0 unspecified atom stereocenters. The smallest absolute Gasteiger partial charge is 0.310 e. The monoisotopic (exact) mass is 539 g/mol. The molecule has 1 saturated carbocycles. The first-order valence-electron chi connectivity index (χ1n) is 11.0. The third-order valence-corrected chi connectivity index (χ3v) is 7.77. The molecule has 1 aliphatic carbocycles. The number of pyridine rings is 2. The lowest BCUT2D eigenvalue weighted by molar-refractivity contribution is -0.289. The molecule has 0 aliphatic heterocycles. The minimum absolute atomic E-state index is 0.0341. The van der Waals surface area contributed by atoms with Gasteiger partial charge < -0.3 is 4.57 Å². The van der Waals surface area contributed by atoms with E-state index in [1.54, 1.807) is 0 Å². The Morgan fingerprint density at radius 2 is 1.73 bits per heavy atom. The van der Waals surface area contributed by atoms with Gasteiger partial charge in [0.2, 0.25) is 0 Å². The molecule has 0 radical (unpaired) electrons. The van der Waals surface area contributed by atoms with Crippen LogP contribution in [0.1, 0.15) is 37.1 Å². The molecule has 0 bridgehead atoms. The molecule has 1 aliphatic rings. The SMILES string of the molecule is CCS(=O)(=O)c1cc(-c2cnc(C3CC3)nn2)cnc1-c1nc2cc(C(F)(F)C(F)(F)F)cnc2n1C. The Labute approximate surface area is 206 Å². The summed E-state index contributed by atoms with van der Waals surface area (Å²) in [6.07, 6.45) is -0.632. The Morgan fingerprint density at radius 3 is 2.32 bits per heavy atom. The Morgan fingerprint density at radius 1 is 1.00 bits per heavy atom. The zero-order valence-electron chi connectivity index (χ0n) is 19.3. The first kappa shape index (κ1) is 25.0. The fraction of sp³-hybridized carbons (Fsp3) is 0.364. The molecule has 194 valence electrons. The van der Waals surface area contributed by atoms with Gasteiger partial charge >= 0.3 is 12.1 Å². The third kappa shape index (κ3) is 4.30. The van der Waals surface area contributed by atoms with Crippen molar-refractivity contribution in [3.05, 3.63) is 42.1 Å². The van der Waals surface area contributed by atoms with Gasteiger partial charge in [-0.05, 0) is 25.0 Å². The highest BCUT2D eigenvalue weighted by Gasteiger charge is 2.59.